The van der Waals surface area contributed by atoms with E-state index in [-0.39, 0.29) is 5.91 Å². The molecule has 0 N–H and O–H groups in total. The Morgan fingerprint density at radius 2 is 1.97 bits per heavy atom. The number of thiophene rings is 1. The molecule has 0 saturated heterocycles. The molecule has 0 atom stereocenters. The number of benzene rings is 1. The predicted octanol–water partition coefficient (Wildman–Crippen LogP) is 5.02. The standard InChI is InChI=1S/C21H24Cl2N4O2S/c1-26(2)9-3-10-27(13-15-4-5-17(22)18(23)12-15)20(28)7-6-19-24-25-21(29-19)16-8-11-30-14-16/h4-5,8,11-12,14H,3,6-7,9-10,13H2,1-2H3. The maximum Gasteiger partial charge on any atom is 0.248 e. The summed E-state index contributed by atoms with van der Waals surface area (Å²) in [6.45, 7) is 2.03. The highest BCUT2D eigenvalue weighted by Gasteiger charge is 2.17. The van der Waals surface area contributed by atoms with Gasteiger partial charge in [-0.25, -0.2) is 0 Å². The molecule has 0 aliphatic heterocycles. The largest absolute Gasteiger partial charge is 0.421 e. The molecule has 160 valence electrons. The maximum absolute atomic E-state index is 12.9. The molecule has 1 amide bonds. The Hall–Kier alpha value is -1.93. The van der Waals surface area contributed by atoms with Crippen LogP contribution in [0.3, 0.4) is 0 Å². The zero-order valence-corrected chi connectivity index (χ0v) is 19.3. The molecule has 0 fully saturated rings. The van der Waals surface area contributed by atoms with Crippen molar-refractivity contribution in [1.82, 2.24) is 20.0 Å². The first-order chi connectivity index (χ1) is 14.4. The number of aromatic nitrogens is 2. The molecule has 9 heteroatoms. The Morgan fingerprint density at radius 3 is 2.67 bits per heavy atom. The molecule has 0 unspecified atom stereocenters. The van der Waals surface area contributed by atoms with E-state index >= 15 is 0 Å². The summed E-state index contributed by atoms with van der Waals surface area (Å²) in [5.74, 6) is 0.986. The minimum Gasteiger partial charge on any atom is -0.421 e. The fraction of sp³-hybridized carbons (Fsp3) is 0.381. The first-order valence-corrected chi connectivity index (χ1v) is 11.3. The van der Waals surface area contributed by atoms with Crippen molar-refractivity contribution in [3.8, 4) is 11.5 Å². The van der Waals surface area contributed by atoms with E-state index in [1.54, 1.807) is 23.5 Å². The van der Waals surface area contributed by atoms with E-state index in [1.807, 2.05) is 41.9 Å². The number of carbonyl (C=O) groups excluding carboxylic acids is 1. The second kappa shape index (κ2) is 10.9. The highest BCUT2D eigenvalue weighted by Crippen LogP contribution is 2.24. The lowest BCUT2D eigenvalue weighted by atomic mass is 10.2. The van der Waals surface area contributed by atoms with Crippen LogP contribution >= 0.6 is 34.5 Å². The van der Waals surface area contributed by atoms with Gasteiger partial charge in [-0.05, 0) is 56.2 Å². The molecule has 6 nitrogen and oxygen atoms in total. The summed E-state index contributed by atoms with van der Waals surface area (Å²) in [6, 6.07) is 7.38. The van der Waals surface area contributed by atoms with Crippen LogP contribution in [0.15, 0.2) is 39.4 Å². The zero-order chi connectivity index (χ0) is 21.5. The molecule has 30 heavy (non-hydrogen) atoms. The van der Waals surface area contributed by atoms with Crippen LogP contribution in [0.5, 0.6) is 0 Å². The van der Waals surface area contributed by atoms with Gasteiger partial charge in [0.15, 0.2) is 0 Å². The fourth-order valence-corrected chi connectivity index (χ4v) is 3.91. The molecule has 3 aromatic rings. The summed E-state index contributed by atoms with van der Waals surface area (Å²) >= 11 is 13.7. The number of halogens is 2. The Morgan fingerprint density at radius 1 is 1.13 bits per heavy atom. The van der Waals surface area contributed by atoms with Crippen molar-refractivity contribution in [3.63, 3.8) is 0 Å². The molecular formula is C21H24Cl2N4O2S. The minimum absolute atomic E-state index is 0.0371. The summed E-state index contributed by atoms with van der Waals surface area (Å²) in [5.41, 5.74) is 1.84. The van der Waals surface area contributed by atoms with E-state index < -0.39 is 0 Å². The fourth-order valence-electron chi connectivity index (χ4n) is 2.96. The van der Waals surface area contributed by atoms with Crippen molar-refractivity contribution >= 4 is 40.4 Å². The van der Waals surface area contributed by atoms with Gasteiger partial charge in [0.25, 0.3) is 0 Å². The number of hydrogen-bond donors (Lipinski definition) is 0. The van der Waals surface area contributed by atoms with Crippen LogP contribution in [-0.4, -0.2) is 53.1 Å². The van der Waals surface area contributed by atoms with Gasteiger partial charge in [-0.1, -0.05) is 29.3 Å². The number of hydrogen-bond acceptors (Lipinski definition) is 6. The first-order valence-electron chi connectivity index (χ1n) is 9.64. The number of amides is 1. The molecule has 0 aliphatic carbocycles. The Labute approximate surface area is 190 Å². The molecular weight excluding hydrogens is 443 g/mol. The lowest BCUT2D eigenvalue weighted by molar-refractivity contribution is -0.132. The maximum atomic E-state index is 12.9. The summed E-state index contributed by atoms with van der Waals surface area (Å²) in [6.07, 6.45) is 1.58. The monoisotopic (exact) mass is 466 g/mol. The van der Waals surface area contributed by atoms with Crippen LogP contribution in [0.4, 0.5) is 0 Å². The number of aryl methyl sites for hydroxylation is 1. The Kier molecular flexibility index (Phi) is 8.27. The van der Waals surface area contributed by atoms with Crippen LogP contribution < -0.4 is 0 Å². The normalized spacial score (nSPS) is 11.2. The van der Waals surface area contributed by atoms with E-state index in [4.69, 9.17) is 27.6 Å². The Balaban J connectivity index is 1.62. The summed E-state index contributed by atoms with van der Waals surface area (Å²) in [7, 11) is 4.04. The third-order valence-corrected chi connectivity index (χ3v) is 5.95. The topological polar surface area (TPSA) is 62.5 Å². The van der Waals surface area contributed by atoms with Crippen molar-refractivity contribution in [2.24, 2.45) is 0 Å². The molecule has 0 aliphatic rings. The number of rotatable bonds is 10. The van der Waals surface area contributed by atoms with Crippen LogP contribution in [-0.2, 0) is 17.8 Å². The number of carbonyl (C=O) groups is 1. The quantitative estimate of drug-likeness (QED) is 0.419. The van der Waals surface area contributed by atoms with Gasteiger partial charge in [0.05, 0.1) is 10.0 Å². The minimum atomic E-state index is 0.0371. The highest BCUT2D eigenvalue weighted by molar-refractivity contribution is 7.08. The van der Waals surface area contributed by atoms with Crippen molar-refractivity contribution in [2.45, 2.75) is 25.8 Å². The van der Waals surface area contributed by atoms with Crippen LogP contribution in [0, 0.1) is 0 Å². The zero-order valence-electron chi connectivity index (χ0n) is 17.0. The summed E-state index contributed by atoms with van der Waals surface area (Å²) in [5, 5.41) is 13.0. The molecule has 3 rings (SSSR count). The number of nitrogens with zero attached hydrogens (tertiary/aromatic N) is 4. The average molecular weight is 467 g/mol. The highest BCUT2D eigenvalue weighted by atomic mass is 35.5. The molecule has 1 aromatic carbocycles. The lowest BCUT2D eigenvalue weighted by Gasteiger charge is -2.24. The third kappa shape index (κ3) is 6.54. The first kappa shape index (κ1) is 22.7. The van der Waals surface area contributed by atoms with Gasteiger partial charge in [0.1, 0.15) is 0 Å². The van der Waals surface area contributed by atoms with Crippen LogP contribution in [0.25, 0.3) is 11.5 Å². The van der Waals surface area contributed by atoms with E-state index in [9.17, 15) is 4.79 Å². The Bertz CT molecular complexity index is 960. The van der Waals surface area contributed by atoms with Gasteiger partial charge >= 0.3 is 0 Å². The molecule has 2 aromatic heterocycles. The van der Waals surface area contributed by atoms with Crippen LogP contribution in [0.1, 0.15) is 24.3 Å². The van der Waals surface area contributed by atoms with Crippen LogP contribution in [0.2, 0.25) is 10.0 Å². The van der Waals surface area contributed by atoms with Gasteiger partial charge < -0.3 is 14.2 Å². The van der Waals surface area contributed by atoms with Gasteiger partial charge in [-0.15, -0.1) is 10.2 Å². The van der Waals surface area contributed by atoms with E-state index in [2.05, 4.69) is 15.1 Å². The molecule has 0 saturated carbocycles. The molecule has 0 bridgehead atoms. The van der Waals surface area contributed by atoms with Gasteiger partial charge in [-0.3, -0.25) is 4.79 Å². The predicted molar refractivity (Wildman–Crippen MR) is 121 cm³/mol. The van der Waals surface area contributed by atoms with E-state index in [0.717, 1.165) is 24.1 Å². The second-order valence-electron chi connectivity index (χ2n) is 7.23. The molecule has 0 spiro atoms. The second-order valence-corrected chi connectivity index (χ2v) is 8.83. The molecule has 2 heterocycles. The van der Waals surface area contributed by atoms with Gasteiger partial charge in [-0.2, -0.15) is 11.3 Å². The van der Waals surface area contributed by atoms with Gasteiger partial charge in [0.2, 0.25) is 17.7 Å². The van der Waals surface area contributed by atoms with Crippen molar-refractivity contribution in [2.75, 3.05) is 27.2 Å². The van der Waals surface area contributed by atoms with Gasteiger partial charge in [0, 0.05) is 36.9 Å². The van der Waals surface area contributed by atoms with Crippen molar-refractivity contribution in [1.29, 1.82) is 0 Å². The summed E-state index contributed by atoms with van der Waals surface area (Å²) < 4.78 is 5.69. The lowest BCUT2D eigenvalue weighted by Crippen LogP contribution is -2.33. The third-order valence-electron chi connectivity index (χ3n) is 4.53. The van der Waals surface area contributed by atoms with Crippen molar-refractivity contribution in [3.05, 3.63) is 56.5 Å². The van der Waals surface area contributed by atoms with E-state index in [0.29, 0.717) is 47.8 Å². The van der Waals surface area contributed by atoms with E-state index in [1.165, 1.54) is 0 Å². The SMILES string of the molecule is CN(C)CCCN(Cc1ccc(Cl)c(Cl)c1)C(=O)CCc1nnc(-c2ccsc2)o1. The average Bonchev–Trinajstić information content (AvgIpc) is 3.39. The smallest absolute Gasteiger partial charge is 0.248 e. The summed E-state index contributed by atoms with van der Waals surface area (Å²) in [4.78, 5) is 16.9. The molecule has 0 radical (unpaired) electrons. The van der Waals surface area contributed by atoms with Crippen molar-refractivity contribution < 1.29 is 9.21 Å².